The van der Waals surface area contributed by atoms with E-state index < -0.39 is 5.97 Å². The van der Waals surface area contributed by atoms with Crippen molar-refractivity contribution in [1.82, 2.24) is 4.90 Å². The van der Waals surface area contributed by atoms with Crippen molar-refractivity contribution >= 4 is 17.3 Å². The monoisotopic (exact) mass is 225 g/mol. The van der Waals surface area contributed by atoms with E-state index in [4.69, 9.17) is 5.11 Å². The molecule has 0 aliphatic heterocycles. The van der Waals surface area contributed by atoms with Crippen LogP contribution in [0.3, 0.4) is 0 Å². The second kappa shape index (κ2) is 4.33. The quantitative estimate of drug-likeness (QED) is 0.836. The molecule has 0 spiro atoms. The van der Waals surface area contributed by atoms with Gasteiger partial charge >= 0.3 is 5.97 Å². The highest BCUT2D eigenvalue weighted by atomic mass is 32.1. The summed E-state index contributed by atoms with van der Waals surface area (Å²) in [6, 6.07) is 2.78. The molecule has 0 aromatic carbocycles. The minimum Gasteiger partial charge on any atom is -0.480 e. The van der Waals surface area contributed by atoms with Crippen LogP contribution in [-0.2, 0) is 4.79 Å². The van der Waals surface area contributed by atoms with Gasteiger partial charge in [0.25, 0.3) is 0 Å². The Kier molecular flexibility index (Phi) is 3.07. The number of hydrogen-bond donors (Lipinski definition) is 1. The van der Waals surface area contributed by atoms with Crippen molar-refractivity contribution in [3.63, 3.8) is 0 Å². The highest BCUT2D eigenvalue weighted by molar-refractivity contribution is 7.07. The Morgan fingerprint density at radius 2 is 2.47 bits per heavy atom. The SMILES string of the molecule is CC(c1ccsc1)N(CC(=O)O)C1CC1. The molecule has 0 radical (unpaired) electrons. The van der Waals surface area contributed by atoms with Gasteiger partial charge in [0.05, 0.1) is 6.54 Å². The van der Waals surface area contributed by atoms with Crippen LogP contribution in [0.4, 0.5) is 0 Å². The zero-order valence-electron chi connectivity index (χ0n) is 8.72. The summed E-state index contributed by atoms with van der Waals surface area (Å²) in [5.74, 6) is -0.732. The molecule has 1 fully saturated rings. The Hall–Kier alpha value is -0.870. The van der Waals surface area contributed by atoms with Gasteiger partial charge in [-0.3, -0.25) is 9.69 Å². The van der Waals surface area contributed by atoms with Crippen LogP contribution in [0.25, 0.3) is 0 Å². The maximum absolute atomic E-state index is 10.8. The Morgan fingerprint density at radius 3 is 2.93 bits per heavy atom. The van der Waals surface area contributed by atoms with E-state index in [-0.39, 0.29) is 12.6 Å². The first-order valence-corrected chi connectivity index (χ1v) is 6.12. The molecule has 82 valence electrons. The minimum absolute atomic E-state index is 0.154. The first-order valence-electron chi connectivity index (χ1n) is 5.18. The molecule has 1 atom stereocenters. The van der Waals surface area contributed by atoms with E-state index in [0.717, 1.165) is 12.8 Å². The van der Waals surface area contributed by atoms with Crippen LogP contribution >= 0.6 is 11.3 Å². The summed E-state index contributed by atoms with van der Waals surface area (Å²) >= 11 is 1.66. The van der Waals surface area contributed by atoms with E-state index in [2.05, 4.69) is 23.3 Å². The molecule has 1 aliphatic carbocycles. The van der Waals surface area contributed by atoms with E-state index in [1.54, 1.807) is 11.3 Å². The van der Waals surface area contributed by atoms with Crippen molar-refractivity contribution < 1.29 is 9.90 Å². The smallest absolute Gasteiger partial charge is 0.317 e. The van der Waals surface area contributed by atoms with E-state index >= 15 is 0 Å². The lowest BCUT2D eigenvalue weighted by molar-refractivity contribution is -0.139. The summed E-state index contributed by atoms with van der Waals surface area (Å²) < 4.78 is 0. The molecule has 0 bridgehead atoms. The number of thiophene rings is 1. The first-order chi connectivity index (χ1) is 7.18. The molecule has 1 heterocycles. The Balaban J connectivity index is 2.07. The summed E-state index contributed by atoms with van der Waals surface area (Å²) in [6.07, 6.45) is 2.28. The van der Waals surface area contributed by atoms with Crippen molar-refractivity contribution in [2.75, 3.05) is 6.54 Å². The lowest BCUT2D eigenvalue weighted by atomic mass is 10.1. The molecular weight excluding hydrogens is 210 g/mol. The summed E-state index contributed by atoms with van der Waals surface area (Å²) in [7, 11) is 0. The third-order valence-corrected chi connectivity index (χ3v) is 3.56. The van der Waals surface area contributed by atoms with Crippen molar-refractivity contribution in [1.29, 1.82) is 0 Å². The average Bonchev–Trinajstić information content (AvgIpc) is 2.88. The molecule has 2 rings (SSSR count). The van der Waals surface area contributed by atoms with Gasteiger partial charge in [-0.2, -0.15) is 11.3 Å². The molecule has 3 nitrogen and oxygen atoms in total. The maximum atomic E-state index is 10.8. The van der Waals surface area contributed by atoms with Crippen LogP contribution in [0.1, 0.15) is 31.4 Å². The Bertz CT molecular complexity index is 332. The number of carbonyl (C=O) groups is 1. The second-order valence-corrected chi connectivity index (χ2v) is 4.81. The largest absolute Gasteiger partial charge is 0.480 e. The van der Waals surface area contributed by atoms with Crippen LogP contribution in [0.2, 0.25) is 0 Å². The molecule has 15 heavy (non-hydrogen) atoms. The van der Waals surface area contributed by atoms with E-state index in [0.29, 0.717) is 6.04 Å². The third kappa shape index (κ3) is 2.58. The van der Waals surface area contributed by atoms with Gasteiger partial charge in [-0.1, -0.05) is 0 Å². The molecule has 1 unspecified atom stereocenters. The van der Waals surface area contributed by atoms with Crippen molar-refractivity contribution in [2.45, 2.75) is 31.8 Å². The highest BCUT2D eigenvalue weighted by Gasteiger charge is 2.33. The topological polar surface area (TPSA) is 40.5 Å². The van der Waals surface area contributed by atoms with Gasteiger partial charge in [0.1, 0.15) is 0 Å². The number of carboxylic acid groups (broad SMARTS) is 1. The van der Waals surface area contributed by atoms with Crippen LogP contribution in [0.5, 0.6) is 0 Å². The van der Waals surface area contributed by atoms with Crippen molar-refractivity contribution in [3.05, 3.63) is 22.4 Å². The van der Waals surface area contributed by atoms with Gasteiger partial charge < -0.3 is 5.11 Å². The average molecular weight is 225 g/mol. The fourth-order valence-electron chi connectivity index (χ4n) is 1.85. The summed E-state index contributed by atoms with van der Waals surface area (Å²) in [5.41, 5.74) is 1.23. The molecule has 0 amide bonds. The molecule has 1 aromatic heterocycles. The summed E-state index contributed by atoms with van der Waals surface area (Å²) in [5, 5.41) is 13.0. The van der Waals surface area contributed by atoms with Gasteiger partial charge in [0.15, 0.2) is 0 Å². The van der Waals surface area contributed by atoms with E-state index in [1.165, 1.54) is 5.56 Å². The third-order valence-electron chi connectivity index (χ3n) is 2.86. The normalized spacial score (nSPS) is 18.0. The Labute approximate surface area is 93.3 Å². The predicted molar refractivity (Wildman–Crippen MR) is 60.1 cm³/mol. The van der Waals surface area contributed by atoms with Crippen molar-refractivity contribution in [3.8, 4) is 0 Å². The lowest BCUT2D eigenvalue weighted by Crippen LogP contribution is -2.34. The van der Waals surface area contributed by atoms with E-state index in [9.17, 15) is 4.79 Å². The number of hydrogen-bond acceptors (Lipinski definition) is 3. The van der Waals surface area contributed by atoms with E-state index in [1.807, 2.05) is 5.38 Å². The molecule has 1 aromatic rings. The van der Waals surface area contributed by atoms with Crippen LogP contribution in [-0.4, -0.2) is 28.6 Å². The van der Waals surface area contributed by atoms with Gasteiger partial charge in [0, 0.05) is 12.1 Å². The zero-order valence-corrected chi connectivity index (χ0v) is 9.54. The predicted octanol–water partition coefficient (Wildman–Crippen LogP) is 2.36. The fourth-order valence-corrected chi connectivity index (χ4v) is 2.60. The van der Waals surface area contributed by atoms with Gasteiger partial charge in [-0.25, -0.2) is 0 Å². The summed E-state index contributed by atoms with van der Waals surface area (Å²) in [4.78, 5) is 12.9. The van der Waals surface area contributed by atoms with Crippen LogP contribution < -0.4 is 0 Å². The number of carboxylic acids is 1. The molecule has 1 aliphatic rings. The van der Waals surface area contributed by atoms with Crippen LogP contribution in [0, 0.1) is 0 Å². The molecule has 1 N–H and O–H groups in total. The first kappa shape index (κ1) is 10.6. The van der Waals surface area contributed by atoms with Gasteiger partial charge in [0.2, 0.25) is 0 Å². The number of rotatable bonds is 5. The van der Waals surface area contributed by atoms with Crippen molar-refractivity contribution in [2.24, 2.45) is 0 Å². The minimum atomic E-state index is -0.732. The standard InChI is InChI=1S/C11H15NO2S/c1-8(9-4-5-15-7-9)12(6-11(13)14)10-2-3-10/h4-5,7-8,10H,2-3,6H2,1H3,(H,13,14). The number of aliphatic carboxylic acids is 1. The van der Waals surface area contributed by atoms with Gasteiger partial charge in [-0.05, 0) is 42.2 Å². The summed E-state index contributed by atoms with van der Waals surface area (Å²) in [6.45, 7) is 2.24. The van der Waals surface area contributed by atoms with Crippen LogP contribution in [0.15, 0.2) is 16.8 Å². The number of nitrogens with zero attached hydrogens (tertiary/aromatic N) is 1. The second-order valence-electron chi connectivity index (χ2n) is 4.03. The fraction of sp³-hybridized carbons (Fsp3) is 0.545. The van der Waals surface area contributed by atoms with Gasteiger partial charge in [-0.15, -0.1) is 0 Å². The zero-order chi connectivity index (χ0) is 10.8. The molecule has 0 saturated heterocycles. The highest BCUT2D eigenvalue weighted by Crippen LogP contribution is 2.34. The molecule has 1 saturated carbocycles. The lowest BCUT2D eigenvalue weighted by Gasteiger charge is -2.26. The Morgan fingerprint density at radius 1 is 1.73 bits per heavy atom. The molecular formula is C11H15NO2S. The maximum Gasteiger partial charge on any atom is 0.317 e. The molecule has 4 heteroatoms.